The summed E-state index contributed by atoms with van der Waals surface area (Å²) in [5.74, 6) is 0.818. The zero-order chi connectivity index (χ0) is 10.7. The molecule has 84 valence electrons. The van der Waals surface area contributed by atoms with E-state index in [1.807, 2.05) is 12.5 Å². The quantitative estimate of drug-likeness (QED) is 0.827. The monoisotopic (exact) mass is 207 g/mol. The molecule has 0 bridgehead atoms. The van der Waals surface area contributed by atoms with Crippen LogP contribution in [-0.2, 0) is 6.54 Å². The summed E-state index contributed by atoms with van der Waals surface area (Å²) in [5, 5.41) is 0. The van der Waals surface area contributed by atoms with Gasteiger partial charge in [0.05, 0.1) is 12.0 Å². The predicted octanol–water partition coefficient (Wildman–Crippen LogP) is 2.48. The Morgan fingerprint density at radius 1 is 1.47 bits per heavy atom. The Kier molecular flexibility index (Phi) is 3.41. The van der Waals surface area contributed by atoms with Crippen LogP contribution in [0, 0.1) is 5.92 Å². The van der Waals surface area contributed by atoms with Gasteiger partial charge in [0, 0.05) is 18.8 Å². The lowest BCUT2D eigenvalue weighted by Crippen LogP contribution is -2.24. The van der Waals surface area contributed by atoms with Gasteiger partial charge < -0.3 is 10.3 Å². The summed E-state index contributed by atoms with van der Waals surface area (Å²) in [5.41, 5.74) is 6.91. The van der Waals surface area contributed by atoms with Crippen molar-refractivity contribution in [3.8, 4) is 0 Å². The summed E-state index contributed by atoms with van der Waals surface area (Å²) < 4.78 is 2.31. The molecule has 1 heterocycles. The first-order chi connectivity index (χ1) is 7.36. The first kappa shape index (κ1) is 10.7. The van der Waals surface area contributed by atoms with E-state index in [0.717, 1.165) is 5.92 Å². The Balaban J connectivity index is 2.20. The molecule has 0 amide bonds. The third kappa shape index (κ3) is 2.07. The van der Waals surface area contributed by atoms with Gasteiger partial charge in [-0.2, -0.15) is 0 Å². The van der Waals surface area contributed by atoms with E-state index < -0.39 is 0 Å². The van der Waals surface area contributed by atoms with E-state index >= 15 is 0 Å². The van der Waals surface area contributed by atoms with Crippen LogP contribution >= 0.6 is 0 Å². The largest absolute Gasteiger partial charge is 0.330 e. The molecule has 0 aliphatic heterocycles. The Bertz CT molecular complexity index is 306. The fourth-order valence-electron chi connectivity index (χ4n) is 2.82. The summed E-state index contributed by atoms with van der Waals surface area (Å²) in [6, 6.07) is 0.643. The lowest BCUT2D eigenvalue weighted by Gasteiger charge is -2.32. The number of rotatable bonds is 3. The zero-order valence-electron chi connectivity index (χ0n) is 9.52. The first-order valence-corrected chi connectivity index (χ1v) is 6.07. The minimum atomic E-state index is 0.604. The van der Waals surface area contributed by atoms with Gasteiger partial charge in [-0.25, -0.2) is 4.98 Å². The van der Waals surface area contributed by atoms with Crippen LogP contribution in [0.3, 0.4) is 0 Å². The van der Waals surface area contributed by atoms with Crippen molar-refractivity contribution >= 4 is 0 Å². The molecule has 1 saturated carbocycles. The maximum Gasteiger partial charge on any atom is 0.0951 e. The average molecular weight is 207 g/mol. The molecular weight excluding hydrogens is 186 g/mol. The van der Waals surface area contributed by atoms with Crippen LogP contribution in [-0.4, -0.2) is 9.55 Å². The van der Waals surface area contributed by atoms with Crippen molar-refractivity contribution in [2.24, 2.45) is 11.7 Å². The topological polar surface area (TPSA) is 43.8 Å². The van der Waals surface area contributed by atoms with Gasteiger partial charge in [0.2, 0.25) is 0 Å². The minimum absolute atomic E-state index is 0.604. The van der Waals surface area contributed by atoms with Crippen molar-refractivity contribution in [2.75, 3.05) is 0 Å². The van der Waals surface area contributed by atoms with E-state index in [4.69, 9.17) is 5.73 Å². The highest BCUT2D eigenvalue weighted by Crippen LogP contribution is 2.36. The zero-order valence-corrected chi connectivity index (χ0v) is 9.52. The molecule has 0 spiro atoms. The van der Waals surface area contributed by atoms with Crippen LogP contribution in [0.1, 0.15) is 50.8 Å². The number of imidazole rings is 1. The molecule has 0 saturated heterocycles. The van der Waals surface area contributed by atoms with Gasteiger partial charge in [-0.15, -0.1) is 0 Å². The highest BCUT2D eigenvalue weighted by molar-refractivity contribution is 5.01. The van der Waals surface area contributed by atoms with Crippen molar-refractivity contribution < 1.29 is 0 Å². The Morgan fingerprint density at radius 3 is 3.00 bits per heavy atom. The first-order valence-electron chi connectivity index (χ1n) is 6.07. The number of hydrogen-bond donors (Lipinski definition) is 1. The lowest BCUT2D eigenvalue weighted by molar-refractivity contribution is 0.229. The molecule has 2 unspecified atom stereocenters. The van der Waals surface area contributed by atoms with Crippen LogP contribution in [0.25, 0.3) is 0 Å². The fourth-order valence-corrected chi connectivity index (χ4v) is 2.82. The van der Waals surface area contributed by atoms with Crippen LogP contribution in [0.5, 0.6) is 0 Å². The second kappa shape index (κ2) is 4.79. The van der Waals surface area contributed by atoms with Crippen molar-refractivity contribution in [3.63, 3.8) is 0 Å². The molecule has 0 radical (unpaired) electrons. The normalized spacial score (nSPS) is 26.8. The summed E-state index contributed by atoms with van der Waals surface area (Å²) in [7, 11) is 0. The van der Waals surface area contributed by atoms with E-state index in [0.29, 0.717) is 12.6 Å². The maximum absolute atomic E-state index is 5.73. The molecule has 2 atom stereocenters. The SMILES string of the molecule is CCC1CCCCC1n1cncc1CN. The molecule has 0 aromatic carbocycles. The average Bonchev–Trinajstić information content (AvgIpc) is 2.76. The molecule has 15 heavy (non-hydrogen) atoms. The Hall–Kier alpha value is -0.830. The van der Waals surface area contributed by atoms with E-state index in [1.54, 1.807) is 0 Å². The molecule has 1 fully saturated rings. The summed E-state index contributed by atoms with van der Waals surface area (Å²) in [4.78, 5) is 4.22. The highest BCUT2D eigenvalue weighted by Gasteiger charge is 2.25. The molecule has 3 heteroatoms. The second-order valence-corrected chi connectivity index (χ2v) is 4.52. The predicted molar refractivity (Wildman–Crippen MR) is 61.4 cm³/mol. The fraction of sp³-hybridized carbons (Fsp3) is 0.750. The van der Waals surface area contributed by atoms with E-state index in [1.165, 1.54) is 37.8 Å². The van der Waals surface area contributed by atoms with Crippen molar-refractivity contribution in [3.05, 3.63) is 18.2 Å². The smallest absolute Gasteiger partial charge is 0.0951 e. The maximum atomic E-state index is 5.73. The van der Waals surface area contributed by atoms with Crippen LogP contribution in [0.2, 0.25) is 0 Å². The number of aromatic nitrogens is 2. The summed E-state index contributed by atoms with van der Waals surface area (Å²) in [6.45, 7) is 2.90. The molecule has 1 aliphatic rings. The minimum Gasteiger partial charge on any atom is -0.330 e. The van der Waals surface area contributed by atoms with Gasteiger partial charge in [-0.05, 0) is 18.8 Å². The van der Waals surface area contributed by atoms with E-state index in [9.17, 15) is 0 Å². The highest BCUT2D eigenvalue weighted by atomic mass is 15.1. The van der Waals surface area contributed by atoms with Gasteiger partial charge in [0.25, 0.3) is 0 Å². The van der Waals surface area contributed by atoms with Crippen molar-refractivity contribution in [2.45, 2.75) is 51.6 Å². The third-order valence-electron chi connectivity index (χ3n) is 3.71. The lowest BCUT2D eigenvalue weighted by atomic mass is 9.82. The standard InChI is InChI=1S/C12H21N3/c1-2-10-5-3-4-6-12(10)15-9-14-8-11(15)7-13/h8-10,12H,2-7,13H2,1H3. The molecule has 2 N–H and O–H groups in total. The number of nitrogens with zero attached hydrogens (tertiary/aromatic N) is 2. The molecule has 3 nitrogen and oxygen atoms in total. The molecule has 1 aromatic heterocycles. The van der Waals surface area contributed by atoms with Gasteiger partial charge in [0.1, 0.15) is 0 Å². The molecule has 1 aromatic rings. The van der Waals surface area contributed by atoms with Crippen molar-refractivity contribution in [1.29, 1.82) is 0 Å². The van der Waals surface area contributed by atoms with Crippen LogP contribution in [0.15, 0.2) is 12.5 Å². The molecular formula is C12H21N3. The van der Waals surface area contributed by atoms with Crippen molar-refractivity contribution in [1.82, 2.24) is 9.55 Å². The van der Waals surface area contributed by atoms with E-state index in [2.05, 4.69) is 16.5 Å². The van der Waals surface area contributed by atoms with Gasteiger partial charge in [0.15, 0.2) is 0 Å². The van der Waals surface area contributed by atoms with Crippen LogP contribution < -0.4 is 5.73 Å². The van der Waals surface area contributed by atoms with E-state index in [-0.39, 0.29) is 0 Å². The summed E-state index contributed by atoms with van der Waals surface area (Å²) in [6.07, 6.45) is 10.5. The van der Waals surface area contributed by atoms with Crippen LogP contribution in [0.4, 0.5) is 0 Å². The number of hydrogen-bond acceptors (Lipinski definition) is 2. The van der Waals surface area contributed by atoms with Gasteiger partial charge >= 0.3 is 0 Å². The molecule has 1 aliphatic carbocycles. The van der Waals surface area contributed by atoms with Gasteiger partial charge in [-0.3, -0.25) is 0 Å². The Labute approximate surface area is 91.7 Å². The van der Waals surface area contributed by atoms with Gasteiger partial charge in [-0.1, -0.05) is 26.2 Å². The second-order valence-electron chi connectivity index (χ2n) is 4.52. The Morgan fingerprint density at radius 2 is 2.27 bits per heavy atom. The molecule has 2 rings (SSSR count). The number of nitrogens with two attached hydrogens (primary N) is 1. The summed E-state index contributed by atoms with van der Waals surface area (Å²) >= 11 is 0. The third-order valence-corrected chi connectivity index (χ3v) is 3.71.